The van der Waals surface area contributed by atoms with Gasteiger partial charge in [-0.2, -0.15) is 8.42 Å². The molecule has 1 amide bonds. The SMILES string of the molecule is N[C@@H]1CCCC[C@@H]1NC(=O)[C@@H]1C[C@@H](S(=O)(=O)O)CN1. The Hall–Kier alpha value is -0.700. The van der Waals surface area contributed by atoms with Gasteiger partial charge >= 0.3 is 0 Å². The molecule has 0 aromatic heterocycles. The van der Waals surface area contributed by atoms with Crippen molar-refractivity contribution in [1.82, 2.24) is 10.6 Å². The number of carbonyl (C=O) groups excluding carboxylic acids is 1. The minimum atomic E-state index is -4.08. The van der Waals surface area contributed by atoms with E-state index < -0.39 is 21.4 Å². The van der Waals surface area contributed by atoms with Gasteiger partial charge in [-0.15, -0.1) is 0 Å². The van der Waals surface area contributed by atoms with Crippen LogP contribution in [0.2, 0.25) is 0 Å². The summed E-state index contributed by atoms with van der Waals surface area (Å²) in [7, 11) is -4.08. The van der Waals surface area contributed by atoms with Gasteiger partial charge in [0, 0.05) is 18.6 Å². The monoisotopic (exact) mass is 291 g/mol. The van der Waals surface area contributed by atoms with Crippen LogP contribution in [0, 0.1) is 0 Å². The predicted octanol–water partition coefficient (Wildman–Crippen LogP) is -1.01. The van der Waals surface area contributed by atoms with Gasteiger partial charge in [0.1, 0.15) is 5.25 Å². The van der Waals surface area contributed by atoms with Crippen molar-refractivity contribution in [3.63, 3.8) is 0 Å². The molecule has 5 N–H and O–H groups in total. The van der Waals surface area contributed by atoms with Gasteiger partial charge in [0.05, 0.1) is 6.04 Å². The molecule has 1 saturated heterocycles. The number of nitrogens with two attached hydrogens (primary N) is 1. The van der Waals surface area contributed by atoms with Crippen molar-refractivity contribution in [1.29, 1.82) is 0 Å². The van der Waals surface area contributed by atoms with Crippen LogP contribution in [0.25, 0.3) is 0 Å². The van der Waals surface area contributed by atoms with Crippen molar-refractivity contribution < 1.29 is 17.8 Å². The fourth-order valence-corrected chi connectivity index (χ4v) is 3.49. The highest BCUT2D eigenvalue weighted by Gasteiger charge is 2.37. The van der Waals surface area contributed by atoms with Gasteiger partial charge < -0.3 is 16.4 Å². The van der Waals surface area contributed by atoms with Crippen LogP contribution < -0.4 is 16.4 Å². The molecule has 1 aliphatic heterocycles. The molecule has 2 rings (SSSR count). The fourth-order valence-electron chi connectivity index (χ4n) is 2.75. The fraction of sp³-hybridized carbons (Fsp3) is 0.909. The Morgan fingerprint density at radius 3 is 2.58 bits per heavy atom. The molecule has 19 heavy (non-hydrogen) atoms. The quantitative estimate of drug-likeness (QED) is 0.494. The van der Waals surface area contributed by atoms with Gasteiger partial charge in [-0.1, -0.05) is 12.8 Å². The maximum Gasteiger partial charge on any atom is 0.269 e. The molecule has 0 aromatic carbocycles. The minimum Gasteiger partial charge on any atom is -0.350 e. The van der Waals surface area contributed by atoms with Crippen LogP contribution in [0.5, 0.6) is 0 Å². The molecule has 0 aromatic rings. The zero-order chi connectivity index (χ0) is 14.0. The normalized spacial score (nSPS) is 36.1. The number of carbonyl (C=O) groups is 1. The van der Waals surface area contributed by atoms with Gasteiger partial charge in [-0.05, 0) is 19.3 Å². The summed E-state index contributed by atoms with van der Waals surface area (Å²) in [5.74, 6) is -0.228. The third-order valence-electron chi connectivity index (χ3n) is 3.98. The van der Waals surface area contributed by atoms with E-state index in [0.29, 0.717) is 0 Å². The number of amides is 1. The molecule has 0 bridgehead atoms. The first-order chi connectivity index (χ1) is 8.88. The average Bonchev–Trinajstić information content (AvgIpc) is 2.81. The van der Waals surface area contributed by atoms with Gasteiger partial charge in [-0.25, -0.2) is 0 Å². The summed E-state index contributed by atoms with van der Waals surface area (Å²) < 4.78 is 31.0. The Kier molecular flexibility index (Phi) is 4.44. The summed E-state index contributed by atoms with van der Waals surface area (Å²) in [5.41, 5.74) is 5.95. The lowest BCUT2D eigenvalue weighted by molar-refractivity contribution is -0.123. The lowest BCUT2D eigenvalue weighted by atomic mass is 9.91. The van der Waals surface area contributed by atoms with Crippen LogP contribution in [0.3, 0.4) is 0 Å². The first kappa shape index (κ1) is 14.7. The molecule has 2 fully saturated rings. The molecule has 1 aliphatic carbocycles. The van der Waals surface area contributed by atoms with Crippen molar-refractivity contribution in [3.05, 3.63) is 0 Å². The third-order valence-corrected chi connectivity index (χ3v) is 5.18. The van der Waals surface area contributed by atoms with Crippen LogP contribution in [0.1, 0.15) is 32.1 Å². The number of hydrogen-bond acceptors (Lipinski definition) is 5. The zero-order valence-corrected chi connectivity index (χ0v) is 11.5. The standard InChI is InChI=1S/C11H21N3O4S/c12-8-3-1-2-4-9(8)14-11(15)10-5-7(6-13-10)19(16,17)18/h7-10,13H,1-6,12H2,(H,14,15)(H,16,17,18)/t7-,8-,9+,10+/m1/s1. The van der Waals surface area contributed by atoms with Crippen molar-refractivity contribution in [2.75, 3.05) is 6.54 Å². The number of nitrogens with one attached hydrogen (secondary N) is 2. The maximum atomic E-state index is 12.0. The lowest BCUT2D eigenvalue weighted by Gasteiger charge is -2.30. The highest BCUT2D eigenvalue weighted by atomic mass is 32.2. The van der Waals surface area contributed by atoms with E-state index in [1.807, 2.05) is 0 Å². The largest absolute Gasteiger partial charge is 0.350 e. The summed E-state index contributed by atoms with van der Waals surface area (Å²) in [6.07, 6.45) is 4.00. The molecule has 2 aliphatic rings. The van der Waals surface area contributed by atoms with E-state index in [-0.39, 0.29) is 31.0 Å². The molecule has 4 atom stereocenters. The van der Waals surface area contributed by atoms with Gasteiger partial charge in [0.2, 0.25) is 5.91 Å². The Labute approximate surface area is 113 Å². The highest BCUT2D eigenvalue weighted by Crippen LogP contribution is 2.18. The molecule has 1 heterocycles. The van der Waals surface area contributed by atoms with Crippen molar-refractivity contribution in [2.24, 2.45) is 5.73 Å². The summed E-state index contributed by atoms with van der Waals surface area (Å²) in [5, 5.41) is 4.81. The summed E-state index contributed by atoms with van der Waals surface area (Å²) in [6.45, 7) is 0.105. The van der Waals surface area contributed by atoms with Crippen LogP contribution in [0.4, 0.5) is 0 Å². The van der Waals surface area contributed by atoms with E-state index in [9.17, 15) is 13.2 Å². The molecule has 8 heteroatoms. The predicted molar refractivity (Wildman–Crippen MR) is 70.1 cm³/mol. The van der Waals surface area contributed by atoms with Crippen molar-refractivity contribution in [3.8, 4) is 0 Å². The van der Waals surface area contributed by atoms with Crippen LogP contribution in [0.15, 0.2) is 0 Å². The first-order valence-electron chi connectivity index (χ1n) is 6.63. The van der Waals surface area contributed by atoms with E-state index in [0.717, 1.165) is 25.7 Å². The van der Waals surface area contributed by atoms with Crippen molar-refractivity contribution in [2.45, 2.75) is 55.5 Å². The van der Waals surface area contributed by atoms with Gasteiger partial charge in [0.15, 0.2) is 0 Å². The van der Waals surface area contributed by atoms with Crippen LogP contribution in [-0.2, 0) is 14.9 Å². The number of hydrogen-bond donors (Lipinski definition) is 4. The zero-order valence-electron chi connectivity index (χ0n) is 10.7. The first-order valence-corrected chi connectivity index (χ1v) is 8.14. The molecule has 1 saturated carbocycles. The van der Waals surface area contributed by atoms with Gasteiger partial charge in [0.25, 0.3) is 10.1 Å². The van der Waals surface area contributed by atoms with E-state index in [2.05, 4.69) is 10.6 Å². The smallest absolute Gasteiger partial charge is 0.269 e. The Morgan fingerprint density at radius 2 is 2.00 bits per heavy atom. The number of rotatable bonds is 3. The van der Waals surface area contributed by atoms with E-state index in [1.165, 1.54) is 0 Å². The summed E-state index contributed by atoms with van der Waals surface area (Å²) >= 11 is 0. The van der Waals surface area contributed by atoms with Crippen LogP contribution in [-0.4, -0.2) is 48.8 Å². The average molecular weight is 291 g/mol. The Morgan fingerprint density at radius 1 is 1.32 bits per heavy atom. The molecule has 0 unspecified atom stereocenters. The topological polar surface area (TPSA) is 122 Å². The minimum absolute atomic E-state index is 0.0310. The van der Waals surface area contributed by atoms with E-state index in [4.69, 9.17) is 10.3 Å². The van der Waals surface area contributed by atoms with Crippen molar-refractivity contribution >= 4 is 16.0 Å². The molecular formula is C11H21N3O4S. The second kappa shape index (κ2) is 5.74. The summed E-state index contributed by atoms with van der Waals surface area (Å²) in [6, 6.07) is -0.634. The summed E-state index contributed by atoms with van der Waals surface area (Å²) in [4.78, 5) is 12.0. The highest BCUT2D eigenvalue weighted by molar-refractivity contribution is 7.86. The molecule has 110 valence electrons. The maximum absolute atomic E-state index is 12.0. The molecular weight excluding hydrogens is 270 g/mol. The molecule has 7 nitrogen and oxygen atoms in total. The Bertz CT molecular complexity index is 439. The second-order valence-corrected chi connectivity index (χ2v) is 7.09. The van der Waals surface area contributed by atoms with Crippen LogP contribution >= 0.6 is 0 Å². The molecule has 0 radical (unpaired) electrons. The second-order valence-electron chi connectivity index (χ2n) is 5.40. The van der Waals surface area contributed by atoms with E-state index in [1.54, 1.807) is 0 Å². The van der Waals surface area contributed by atoms with Gasteiger partial charge in [-0.3, -0.25) is 9.35 Å². The Balaban J connectivity index is 1.87. The lowest BCUT2D eigenvalue weighted by Crippen LogP contribution is -2.53. The molecule has 0 spiro atoms. The van der Waals surface area contributed by atoms with E-state index >= 15 is 0 Å². The third kappa shape index (κ3) is 3.65.